The van der Waals surface area contributed by atoms with Gasteiger partial charge in [0.1, 0.15) is 17.2 Å². The fourth-order valence-electron chi connectivity index (χ4n) is 1.53. The van der Waals surface area contributed by atoms with Crippen LogP contribution in [-0.2, 0) is 24.7 Å². The highest BCUT2D eigenvalue weighted by atomic mass is 32.2. The zero-order valence-electron chi connectivity index (χ0n) is 11.6. The predicted molar refractivity (Wildman–Crippen MR) is 73.6 cm³/mol. The lowest BCUT2D eigenvalue weighted by atomic mass is 10.3. The lowest BCUT2D eigenvalue weighted by Gasteiger charge is -2.17. The van der Waals surface area contributed by atoms with E-state index in [0.29, 0.717) is 4.31 Å². The van der Waals surface area contributed by atoms with E-state index in [1.54, 1.807) is 0 Å². The molecule has 0 aliphatic heterocycles. The highest BCUT2D eigenvalue weighted by molar-refractivity contribution is 7.91. The van der Waals surface area contributed by atoms with Gasteiger partial charge in [-0.2, -0.15) is 4.31 Å². The summed E-state index contributed by atoms with van der Waals surface area (Å²) in [7, 11) is -5.50. The molecule has 0 bridgehead atoms. The number of nitrogens with zero attached hydrogens (tertiary/aromatic N) is 1. The highest BCUT2D eigenvalue weighted by Crippen LogP contribution is 2.28. The summed E-state index contributed by atoms with van der Waals surface area (Å²) in [5.74, 6) is -1.40. The second-order valence-electron chi connectivity index (χ2n) is 4.24. The number of aliphatic carboxylic acids is 1. The SMILES string of the molecule is COc1ccc(S(C)(=O)=O)cc1S(=O)(=O)N(C)CC(=O)O. The van der Waals surface area contributed by atoms with Crippen molar-refractivity contribution in [3.63, 3.8) is 0 Å². The van der Waals surface area contributed by atoms with Gasteiger partial charge < -0.3 is 9.84 Å². The standard InChI is InChI=1S/C11H15NO7S2/c1-12(7-11(13)14)21(17,18)10-6-8(20(3,15)16)4-5-9(10)19-2/h4-6H,7H2,1-3H3,(H,13,14). The summed E-state index contributed by atoms with van der Waals surface area (Å²) in [5.41, 5.74) is 0. The van der Waals surface area contributed by atoms with Crippen LogP contribution in [0, 0.1) is 0 Å². The summed E-state index contributed by atoms with van der Waals surface area (Å²) >= 11 is 0. The van der Waals surface area contributed by atoms with Crippen molar-refractivity contribution in [3.8, 4) is 5.75 Å². The first kappa shape index (κ1) is 17.4. The molecule has 0 amide bonds. The Morgan fingerprint density at radius 3 is 2.29 bits per heavy atom. The molecule has 0 fully saturated rings. The Bertz CT molecular complexity index is 753. The van der Waals surface area contributed by atoms with Crippen LogP contribution in [0.25, 0.3) is 0 Å². The van der Waals surface area contributed by atoms with E-state index in [0.717, 1.165) is 19.4 Å². The second-order valence-corrected chi connectivity index (χ2v) is 8.27. The molecule has 118 valence electrons. The number of benzene rings is 1. The summed E-state index contributed by atoms with van der Waals surface area (Å²) < 4.78 is 53.2. The Morgan fingerprint density at radius 1 is 1.29 bits per heavy atom. The van der Waals surface area contributed by atoms with Gasteiger partial charge in [0, 0.05) is 13.3 Å². The molecule has 0 saturated heterocycles. The molecule has 1 N–H and O–H groups in total. The maximum atomic E-state index is 12.3. The summed E-state index contributed by atoms with van der Waals surface area (Å²) in [6.45, 7) is -0.755. The first-order chi connectivity index (χ1) is 9.50. The fraction of sp³-hybridized carbons (Fsp3) is 0.364. The van der Waals surface area contributed by atoms with Gasteiger partial charge in [0.25, 0.3) is 0 Å². The monoisotopic (exact) mass is 337 g/mol. The van der Waals surface area contributed by atoms with Gasteiger partial charge in [0.15, 0.2) is 9.84 Å². The molecule has 1 rings (SSSR count). The quantitative estimate of drug-likeness (QED) is 0.764. The number of methoxy groups -OCH3 is 1. The van der Waals surface area contributed by atoms with Gasteiger partial charge in [0.05, 0.1) is 12.0 Å². The molecule has 1 aromatic carbocycles. The Morgan fingerprint density at radius 2 is 1.86 bits per heavy atom. The van der Waals surface area contributed by atoms with Crippen molar-refractivity contribution < 1.29 is 31.5 Å². The zero-order valence-corrected chi connectivity index (χ0v) is 13.2. The third-order valence-electron chi connectivity index (χ3n) is 2.61. The summed E-state index contributed by atoms with van der Waals surface area (Å²) in [5, 5.41) is 8.67. The first-order valence-corrected chi connectivity index (χ1v) is 8.89. The van der Waals surface area contributed by atoms with Crippen molar-refractivity contribution in [2.75, 3.05) is 27.0 Å². The van der Waals surface area contributed by atoms with Crippen LogP contribution in [0.5, 0.6) is 5.75 Å². The van der Waals surface area contributed by atoms with Crippen LogP contribution in [0.3, 0.4) is 0 Å². The number of rotatable bonds is 6. The average molecular weight is 337 g/mol. The van der Waals surface area contributed by atoms with Crippen LogP contribution >= 0.6 is 0 Å². The molecule has 0 spiro atoms. The van der Waals surface area contributed by atoms with E-state index in [4.69, 9.17) is 9.84 Å². The van der Waals surface area contributed by atoms with Crippen LogP contribution in [0.15, 0.2) is 28.0 Å². The van der Waals surface area contributed by atoms with Gasteiger partial charge in [0.2, 0.25) is 10.0 Å². The van der Waals surface area contributed by atoms with Crippen LogP contribution in [0.1, 0.15) is 0 Å². The molecule has 0 aromatic heterocycles. The Kier molecular flexibility index (Phi) is 4.97. The van der Waals surface area contributed by atoms with Gasteiger partial charge in [-0.1, -0.05) is 0 Å². The van der Waals surface area contributed by atoms with Gasteiger partial charge in [-0.3, -0.25) is 4.79 Å². The molecule has 0 aliphatic rings. The molecule has 0 heterocycles. The minimum atomic E-state index is -4.20. The number of likely N-dealkylation sites (N-methyl/N-ethyl adjacent to an activating group) is 1. The number of carboxylic acid groups (broad SMARTS) is 1. The van der Waals surface area contributed by atoms with E-state index in [-0.39, 0.29) is 10.6 Å². The third kappa shape index (κ3) is 3.93. The van der Waals surface area contributed by atoms with Crippen molar-refractivity contribution >= 4 is 25.8 Å². The Labute approximate surface area is 122 Å². The first-order valence-electron chi connectivity index (χ1n) is 5.56. The van der Waals surface area contributed by atoms with Crippen LogP contribution < -0.4 is 4.74 Å². The molecule has 0 saturated carbocycles. The van der Waals surface area contributed by atoms with Crippen molar-refractivity contribution in [2.45, 2.75) is 9.79 Å². The Balaban J connectivity index is 3.49. The molecular weight excluding hydrogens is 322 g/mol. The largest absolute Gasteiger partial charge is 0.495 e. The topological polar surface area (TPSA) is 118 Å². The normalized spacial score (nSPS) is 12.4. The predicted octanol–water partition coefficient (Wildman–Crippen LogP) is -0.196. The summed E-state index contributed by atoms with van der Waals surface area (Å²) in [6.07, 6.45) is 0.937. The number of carboxylic acids is 1. The van der Waals surface area contributed by atoms with E-state index >= 15 is 0 Å². The van der Waals surface area contributed by atoms with Crippen molar-refractivity contribution in [1.82, 2.24) is 4.31 Å². The third-order valence-corrected chi connectivity index (χ3v) is 5.54. The molecule has 0 radical (unpaired) electrons. The smallest absolute Gasteiger partial charge is 0.318 e. The van der Waals surface area contributed by atoms with E-state index in [2.05, 4.69) is 0 Å². The zero-order chi connectivity index (χ0) is 16.4. The molecule has 8 nitrogen and oxygen atoms in total. The molecule has 0 unspecified atom stereocenters. The molecule has 1 aromatic rings. The van der Waals surface area contributed by atoms with E-state index < -0.39 is 37.3 Å². The van der Waals surface area contributed by atoms with Crippen LogP contribution in [-0.4, -0.2) is 59.2 Å². The maximum Gasteiger partial charge on any atom is 0.318 e. The summed E-state index contributed by atoms with van der Waals surface area (Å²) in [4.78, 5) is 10.0. The summed E-state index contributed by atoms with van der Waals surface area (Å²) in [6, 6.07) is 3.37. The van der Waals surface area contributed by atoms with E-state index in [1.165, 1.54) is 19.2 Å². The van der Waals surface area contributed by atoms with Gasteiger partial charge >= 0.3 is 5.97 Å². The molecule has 21 heavy (non-hydrogen) atoms. The van der Waals surface area contributed by atoms with Gasteiger partial charge in [-0.05, 0) is 18.2 Å². The second kappa shape index (κ2) is 6.00. The van der Waals surface area contributed by atoms with Crippen LogP contribution in [0.2, 0.25) is 0 Å². The Hall–Kier alpha value is -1.65. The number of hydrogen-bond donors (Lipinski definition) is 1. The van der Waals surface area contributed by atoms with Gasteiger partial charge in [-0.15, -0.1) is 0 Å². The molecular formula is C11H15NO7S2. The highest BCUT2D eigenvalue weighted by Gasteiger charge is 2.27. The fourth-order valence-corrected chi connectivity index (χ4v) is 3.55. The number of carbonyl (C=O) groups is 1. The minimum absolute atomic E-state index is 0.0698. The molecule has 0 atom stereocenters. The van der Waals surface area contributed by atoms with Crippen molar-refractivity contribution in [2.24, 2.45) is 0 Å². The number of ether oxygens (including phenoxy) is 1. The van der Waals surface area contributed by atoms with Crippen molar-refractivity contribution in [1.29, 1.82) is 0 Å². The lowest BCUT2D eigenvalue weighted by Crippen LogP contribution is -2.32. The van der Waals surface area contributed by atoms with Gasteiger partial charge in [-0.25, -0.2) is 16.8 Å². The molecule has 0 aliphatic carbocycles. The molecule has 10 heteroatoms. The van der Waals surface area contributed by atoms with E-state index in [1.807, 2.05) is 0 Å². The number of sulfonamides is 1. The number of hydrogen-bond acceptors (Lipinski definition) is 6. The number of sulfone groups is 1. The van der Waals surface area contributed by atoms with E-state index in [9.17, 15) is 21.6 Å². The lowest BCUT2D eigenvalue weighted by molar-refractivity contribution is -0.137. The minimum Gasteiger partial charge on any atom is -0.495 e. The van der Waals surface area contributed by atoms with Crippen LogP contribution in [0.4, 0.5) is 0 Å². The van der Waals surface area contributed by atoms with Crippen molar-refractivity contribution in [3.05, 3.63) is 18.2 Å². The maximum absolute atomic E-state index is 12.3. The average Bonchev–Trinajstić information content (AvgIpc) is 2.35.